The van der Waals surface area contributed by atoms with Gasteiger partial charge in [-0.2, -0.15) is 0 Å². The Kier molecular flexibility index (Phi) is 4.18. The van der Waals surface area contributed by atoms with E-state index in [2.05, 4.69) is 0 Å². The maximum atomic E-state index is 12.6. The lowest BCUT2D eigenvalue weighted by molar-refractivity contribution is -0.124. The Balaban J connectivity index is 1.82. The van der Waals surface area contributed by atoms with E-state index in [0.717, 1.165) is 0 Å². The van der Waals surface area contributed by atoms with Gasteiger partial charge in [-0.3, -0.25) is 9.59 Å². The summed E-state index contributed by atoms with van der Waals surface area (Å²) < 4.78 is 0. The zero-order valence-electron chi connectivity index (χ0n) is 12.0. The summed E-state index contributed by atoms with van der Waals surface area (Å²) >= 11 is 7.57. The minimum atomic E-state index is -0.500. The summed E-state index contributed by atoms with van der Waals surface area (Å²) in [6.07, 6.45) is 0. The van der Waals surface area contributed by atoms with Gasteiger partial charge in [0, 0.05) is 13.1 Å². The molecule has 4 nitrogen and oxygen atoms in total. The third-order valence-electron chi connectivity index (χ3n) is 3.79. The molecule has 1 aromatic heterocycles. The molecule has 1 fully saturated rings. The number of piperazine rings is 1. The highest BCUT2D eigenvalue weighted by Gasteiger charge is 2.36. The molecule has 1 aliphatic heterocycles. The Morgan fingerprint density at radius 3 is 2.68 bits per heavy atom. The summed E-state index contributed by atoms with van der Waals surface area (Å²) in [5, 5.41) is 2.40. The van der Waals surface area contributed by atoms with Crippen molar-refractivity contribution in [2.45, 2.75) is 13.0 Å². The van der Waals surface area contributed by atoms with Gasteiger partial charge in [0.2, 0.25) is 5.91 Å². The Hall–Kier alpha value is -1.85. The van der Waals surface area contributed by atoms with Gasteiger partial charge < -0.3 is 9.80 Å². The van der Waals surface area contributed by atoms with Crippen LogP contribution in [0.2, 0.25) is 5.02 Å². The average molecular weight is 335 g/mol. The second kappa shape index (κ2) is 6.10. The van der Waals surface area contributed by atoms with Crippen molar-refractivity contribution >= 4 is 40.4 Å². The number of carbonyl (C=O) groups excluding carboxylic acids is 2. The summed E-state index contributed by atoms with van der Waals surface area (Å²) in [5.41, 5.74) is 0.698. The van der Waals surface area contributed by atoms with Crippen LogP contribution in [0.1, 0.15) is 16.6 Å². The first-order valence-electron chi connectivity index (χ1n) is 7.00. The van der Waals surface area contributed by atoms with E-state index in [1.165, 1.54) is 11.3 Å². The molecule has 0 saturated carbocycles. The number of halogens is 1. The predicted molar refractivity (Wildman–Crippen MR) is 88.6 cm³/mol. The van der Waals surface area contributed by atoms with E-state index in [-0.39, 0.29) is 11.8 Å². The molecule has 1 saturated heterocycles. The Labute approximate surface area is 137 Å². The molecule has 0 bridgehead atoms. The molecule has 2 heterocycles. The lowest BCUT2D eigenvalue weighted by atomic mass is 10.1. The van der Waals surface area contributed by atoms with Gasteiger partial charge in [-0.1, -0.05) is 29.8 Å². The van der Waals surface area contributed by atoms with Gasteiger partial charge in [0.15, 0.2) is 0 Å². The van der Waals surface area contributed by atoms with Crippen molar-refractivity contribution in [2.24, 2.45) is 0 Å². The van der Waals surface area contributed by atoms with Crippen molar-refractivity contribution < 1.29 is 9.59 Å². The van der Waals surface area contributed by atoms with Crippen molar-refractivity contribution in [1.82, 2.24) is 4.90 Å². The lowest BCUT2D eigenvalue weighted by Crippen LogP contribution is -2.57. The first-order chi connectivity index (χ1) is 10.6. The van der Waals surface area contributed by atoms with Crippen LogP contribution in [0.3, 0.4) is 0 Å². The Bertz CT molecular complexity index is 702. The van der Waals surface area contributed by atoms with E-state index in [4.69, 9.17) is 11.6 Å². The maximum Gasteiger partial charge on any atom is 0.264 e. The largest absolute Gasteiger partial charge is 0.324 e. The molecule has 114 valence electrons. The van der Waals surface area contributed by atoms with Crippen molar-refractivity contribution in [3.05, 3.63) is 51.7 Å². The second-order valence-electron chi connectivity index (χ2n) is 5.09. The van der Waals surface area contributed by atoms with Gasteiger partial charge in [-0.25, -0.2) is 0 Å². The number of benzene rings is 1. The molecular weight excluding hydrogens is 320 g/mol. The number of nitrogens with zero attached hydrogens (tertiary/aromatic N) is 2. The monoisotopic (exact) mass is 334 g/mol. The summed E-state index contributed by atoms with van der Waals surface area (Å²) in [5.74, 6) is -0.195. The van der Waals surface area contributed by atoms with Crippen molar-refractivity contribution in [1.29, 1.82) is 0 Å². The van der Waals surface area contributed by atoms with Crippen LogP contribution in [0, 0.1) is 0 Å². The molecule has 2 aromatic rings. The SMILES string of the molecule is CC1C(=O)N(c2ccccc2Cl)CCN1C(=O)c1cccs1. The quantitative estimate of drug-likeness (QED) is 0.845. The van der Waals surface area contributed by atoms with Crippen LogP contribution in [0.4, 0.5) is 5.69 Å². The van der Waals surface area contributed by atoms with Crippen LogP contribution in [-0.2, 0) is 4.79 Å². The minimum absolute atomic E-state index is 0.0883. The Morgan fingerprint density at radius 1 is 1.23 bits per heavy atom. The summed E-state index contributed by atoms with van der Waals surface area (Å²) in [6, 6.07) is 10.4. The highest BCUT2D eigenvalue weighted by atomic mass is 35.5. The molecule has 0 radical (unpaired) electrons. The summed E-state index contributed by atoms with van der Waals surface area (Å²) in [4.78, 5) is 29.0. The number of para-hydroxylation sites is 1. The smallest absolute Gasteiger partial charge is 0.264 e. The van der Waals surface area contributed by atoms with Crippen LogP contribution in [-0.4, -0.2) is 35.8 Å². The van der Waals surface area contributed by atoms with E-state index in [1.807, 2.05) is 29.6 Å². The van der Waals surface area contributed by atoms with Gasteiger partial charge in [-0.05, 0) is 30.5 Å². The van der Waals surface area contributed by atoms with E-state index in [0.29, 0.717) is 28.7 Å². The molecule has 0 aliphatic carbocycles. The van der Waals surface area contributed by atoms with Crippen LogP contribution in [0.15, 0.2) is 41.8 Å². The van der Waals surface area contributed by atoms with Gasteiger partial charge in [0.1, 0.15) is 6.04 Å². The Morgan fingerprint density at radius 2 is 2.00 bits per heavy atom. The molecule has 0 spiro atoms. The third kappa shape index (κ3) is 2.62. The normalized spacial score (nSPS) is 18.6. The molecule has 22 heavy (non-hydrogen) atoms. The standard InChI is InChI=1S/C16H15ClN2O2S/c1-11-15(20)19(13-6-3-2-5-12(13)17)9-8-18(11)16(21)14-7-4-10-22-14/h2-7,10-11H,8-9H2,1H3. The van der Waals surface area contributed by atoms with Crippen molar-refractivity contribution in [3.63, 3.8) is 0 Å². The number of rotatable bonds is 2. The fraction of sp³-hybridized carbons (Fsp3) is 0.250. The summed E-state index contributed by atoms with van der Waals surface area (Å²) in [6.45, 7) is 2.70. The number of hydrogen-bond acceptors (Lipinski definition) is 3. The van der Waals surface area contributed by atoms with Crippen molar-refractivity contribution in [2.75, 3.05) is 18.0 Å². The van der Waals surface area contributed by atoms with Gasteiger partial charge in [-0.15, -0.1) is 11.3 Å². The topological polar surface area (TPSA) is 40.6 Å². The molecule has 0 N–H and O–H groups in total. The highest BCUT2D eigenvalue weighted by Crippen LogP contribution is 2.28. The fourth-order valence-corrected chi connectivity index (χ4v) is 3.52. The number of anilines is 1. The predicted octanol–water partition coefficient (Wildman–Crippen LogP) is 3.28. The molecule has 1 aliphatic rings. The molecule has 2 amide bonds. The maximum absolute atomic E-state index is 12.6. The van der Waals surface area contributed by atoms with Gasteiger partial charge >= 0.3 is 0 Å². The highest BCUT2D eigenvalue weighted by molar-refractivity contribution is 7.12. The number of thiophene rings is 1. The van der Waals surface area contributed by atoms with E-state index in [9.17, 15) is 9.59 Å². The molecule has 1 atom stereocenters. The lowest BCUT2D eigenvalue weighted by Gasteiger charge is -2.39. The number of hydrogen-bond donors (Lipinski definition) is 0. The van der Waals surface area contributed by atoms with Crippen LogP contribution >= 0.6 is 22.9 Å². The minimum Gasteiger partial charge on any atom is -0.324 e. The van der Waals surface area contributed by atoms with Gasteiger partial charge in [0.25, 0.3) is 5.91 Å². The molecule has 6 heteroatoms. The third-order valence-corrected chi connectivity index (χ3v) is 4.97. The van der Waals surface area contributed by atoms with Crippen LogP contribution in [0.5, 0.6) is 0 Å². The first kappa shape index (κ1) is 15.1. The van der Waals surface area contributed by atoms with Crippen LogP contribution in [0.25, 0.3) is 0 Å². The number of carbonyl (C=O) groups is 2. The fourth-order valence-electron chi connectivity index (χ4n) is 2.60. The second-order valence-corrected chi connectivity index (χ2v) is 6.45. The van der Waals surface area contributed by atoms with Gasteiger partial charge in [0.05, 0.1) is 15.6 Å². The molecule has 3 rings (SSSR count). The number of amides is 2. The van der Waals surface area contributed by atoms with E-state index < -0.39 is 6.04 Å². The molecular formula is C16H15ClN2O2S. The zero-order valence-corrected chi connectivity index (χ0v) is 13.6. The summed E-state index contributed by atoms with van der Waals surface area (Å²) in [7, 11) is 0. The molecule has 1 unspecified atom stereocenters. The average Bonchev–Trinajstić information content (AvgIpc) is 3.05. The van der Waals surface area contributed by atoms with E-state index in [1.54, 1.807) is 28.9 Å². The van der Waals surface area contributed by atoms with Crippen LogP contribution < -0.4 is 4.90 Å². The van der Waals surface area contributed by atoms with E-state index >= 15 is 0 Å². The zero-order chi connectivity index (χ0) is 15.7. The van der Waals surface area contributed by atoms with Crippen molar-refractivity contribution in [3.8, 4) is 0 Å². The first-order valence-corrected chi connectivity index (χ1v) is 8.25. The molecule has 1 aromatic carbocycles.